The molecule has 2 rings (SSSR count). The van der Waals surface area contributed by atoms with Crippen LogP contribution in [-0.4, -0.2) is 4.57 Å². The van der Waals surface area contributed by atoms with E-state index in [0.29, 0.717) is 6.54 Å². The smallest absolute Gasteiger partial charge is 0.251 e. The largest absolute Gasteiger partial charge is 0.467 e. The van der Waals surface area contributed by atoms with Gasteiger partial charge in [0.05, 0.1) is 12.8 Å². The van der Waals surface area contributed by atoms with Crippen molar-refractivity contribution in [3.05, 3.63) is 58.4 Å². The van der Waals surface area contributed by atoms with Crippen molar-refractivity contribution in [2.75, 3.05) is 0 Å². The van der Waals surface area contributed by atoms with Crippen molar-refractivity contribution >= 4 is 0 Å². The van der Waals surface area contributed by atoms with Crippen molar-refractivity contribution in [3.8, 4) is 0 Å². The summed E-state index contributed by atoms with van der Waals surface area (Å²) in [5.74, 6) is 0.788. The van der Waals surface area contributed by atoms with E-state index in [1.54, 1.807) is 23.1 Å². The molecule has 0 aliphatic carbocycles. The first-order valence-electron chi connectivity index (χ1n) is 4.45. The van der Waals surface area contributed by atoms with E-state index in [9.17, 15) is 4.79 Å². The number of hydrogen-bond donors (Lipinski definition) is 0. The molecular formula is C11H11NO2. The zero-order valence-corrected chi connectivity index (χ0v) is 7.93. The van der Waals surface area contributed by atoms with E-state index >= 15 is 0 Å². The highest BCUT2D eigenvalue weighted by atomic mass is 16.3. The van der Waals surface area contributed by atoms with Gasteiger partial charge in [0.1, 0.15) is 5.76 Å². The molecule has 14 heavy (non-hydrogen) atoms. The van der Waals surface area contributed by atoms with Crippen LogP contribution in [0.25, 0.3) is 0 Å². The summed E-state index contributed by atoms with van der Waals surface area (Å²) >= 11 is 0. The lowest BCUT2D eigenvalue weighted by Gasteiger charge is -2.02. The third-order valence-electron chi connectivity index (χ3n) is 2.06. The van der Waals surface area contributed by atoms with Crippen LogP contribution in [0.4, 0.5) is 0 Å². The molecule has 3 heteroatoms. The lowest BCUT2D eigenvalue weighted by atomic mass is 10.3. The number of pyridine rings is 1. The molecule has 0 aromatic carbocycles. The summed E-state index contributed by atoms with van der Waals surface area (Å²) in [7, 11) is 0. The van der Waals surface area contributed by atoms with Gasteiger partial charge in [-0.2, -0.15) is 0 Å². The summed E-state index contributed by atoms with van der Waals surface area (Å²) in [5, 5.41) is 0. The van der Waals surface area contributed by atoms with Gasteiger partial charge in [-0.3, -0.25) is 4.79 Å². The Labute approximate surface area is 81.6 Å². The maximum atomic E-state index is 11.5. The standard InChI is InChI=1S/C11H11NO2/c1-9-4-5-12(11(13)7-9)8-10-3-2-6-14-10/h2-7H,8H2,1H3. The number of aromatic nitrogens is 1. The molecule has 0 amide bonds. The summed E-state index contributed by atoms with van der Waals surface area (Å²) in [6.07, 6.45) is 3.38. The molecule has 0 atom stereocenters. The number of hydrogen-bond acceptors (Lipinski definition) is 2. The summed E-state index contributed by atoms with van der Waals surface area (Å²) in [4.78, 5) is 11.5. The molecule has 0 fully saturated rings. The average Bonchev–Trinajstić information content (AvgIpc) is 2.62. The fourth-order valence-electron chi connectivity index (χ4n) is 1.31. The first kappa shape index (κ1) is 8.81. The van der Waals surface area contributed by atoms with Gasteiger partial charge in [0.25, 0.3) is 5.56 Å². The normalized spacial score (nSPS) is 10.4. The molecular weight excluding hydrogens is 178 g/mol. The lowest BCUT2D eigenvalue weighted by Crippen LogP contribution is -2.18. The molecule has 72 valence electrons. The zero-order valence-electron chi connectivity index (χ0n) is 7.93. The van der Waals surface area contributed by atoms with Crippen LogP contribution < -0.4 is 5.56 Å². The van der Waals surface area contributed by atoms with E-state index in [4.69, 9.17) is 4.42 Å². The SMILES string of the molecule is Cc1ccn(Cc2ccco2)c(=O)c1. The van der Waals surface area contributed by atoms with Gasteiger partial charge in [0, 0.05) is 12.3 Å². The van der Waals surface area contributed by atoms with Crippen LogP contribution in [0, 0.1) is 6.92 Å². The molecule has 2 aromatic rings. The molecule has 0 aliphatic heterocycles. The van der Waals surface area contributed by atoms with Crippen molar-refractivity contribution < 1.29 is 4.42 Å². The molecule has 0 N–H and O–H groups in total. The molecule has 0 spiro atoms. The maximum absolute atomic E-state index is 11.5. The van der Waals surface area contributed by atoms with Gasteiger partial charge in [-0.05, 0) is 30.7 Å². The van der Waals surface area contributed by atoms with Crippen molar-refractivity contribution in [1.82, 2.24) is 4.57 Å². The predicted octanol–water partition coefficient (Wildman–Crippen LogP) is 1.80. The number of rotatable bonds is 2. The second-order valence-electron chi connectivity index (χ2n) is 3.25. The Hall–Kier alpha value is -1.77. The van der Waals surface area contributed by atoms with Crippen molar-refractivity contribution in [3.63, 3.8) is 0 Å². The molecule has 2 heterocycles. The molecule has 0 saturated heterocycles. The molecule has 3 nitrogen and oxygen atoms in total. The Morgan fingerprint density at radius 2 is 2.29 bits per heavy atom. The van der Waals surface area contributed by atoms with Gasteiger partial charge in [0.2, 0.25) is 0 Å². The first-order chi connectivity index (χ1) is 6.75. The summed E-state index contributed by atoms with van der Waals surface area (Å²) in [5.41, 5.74) is 0.979. The van der Waals surface area contributed by atoms with E-state index in [1.807, 2.05) is 25.1 Å². The van der Waals surface area contributed by atoms with Crippen LogP contribution in [0.3, 0.4) is 0 Å². The van der Waals surface area contributed by atoms with Gasteiger partial charge >= 0.3 is 0 Å². The topological polar surface area (TPSA) is 35.1 Å². The molecule has 0 unspecified atom stereocenters. The zero-order chi connectivity index (χ0) is 9.97. The van der Waals surface area contributed by atoms with E-state index in [2.05, 4.69) is 0 Å². The average molecular weight is 189 g/mol. The Balaban J connectivity index is 2.30. The van der Waals surface area contributed by atoms with Crippen LogP contribution in [0.1, 0.15) is 11.3 Å². The second kappa shape index (κ2) is 3.54. The van der Waals surface area contributed by atoms with E-state index in [0.717, 1.165) is 11.3 Å². The quantitative estimate of drug-likeness (QED) is 0.722. The van der Waals surface area contributed by atoms with Gasteiger partial charge in [-0.15, -0.1) is 0 Å². The van der Waals surface area contributed by atoms with E-state index in [-0.39, 0.29) is 5.56 Å². The van der Waals surface area contributed by atoms with Crippen LogP contribution in [0.5, 0.6) is 0 Å². The van der Waals surface area contributed by atoms with Gasteiger partial charge in [-0.1, -0.05) is 0 Å². The third-order valence-corrected chi connectivity index (χ3v) is 2.06. The van der Waals surface area contributed by atoms with Crippen LogP contribution in [-0.2, 0) is 6.54 Å². The summed E-state index contributed by atoms with van der Waals surface area (Å²) < 4.78 is 6.78. The second-order valence-corrected chi connectivity index (χ2v) is 3.25. The summed E-state index contributed by atoms with van der Waals surface area (Å²) in [6.45, 7) is 2.39. The number of aryl methyl sites for hydroxylation is 1. The highest BCUT2D eigenvalue weighted by Gasteiger charge is 1.99. The van der Waals surface area contributed by atoms with Crippen LogP contribution in [0.2, 0.25) is 0 Å². The molecule has 0 radical (unpaired) electrons. The van der Waals surface area contributed by atoms with E-state index in [1.165, 1.54) is 0 Å². The van der Waals surface area contributed by atoms with Crippen LogP contribution in [0.15, 0.2) is 45.9 Å². The fraction of sp³-hybridized carbons (Fsp3) is 0.182. The molecule has 2 aromatic heterocycles. The minimum atomic E-state index is 0.00130. The highest BCUT2D eigenvalue weighted by molar-refractivity contribution is 5.09. The van der Waals surface area contributed by atoms with Gasteiger partial charge in [-0.25, -0.2) is 0 Å². The first-order valence-corrected chi connectivity index (χ1v) is 4.45. The van der Waals surface area contributed by atoms with Crippen molar-refractivity contribution in [1.29, 1.82) is 0 Å². The Bertz CT molecular complexity index is 468. The molecule has 0 saturated carbocycles. The maximum Gasteiger partial charge on any atom is 0.251 e. The van der Waals surface area contributed by atoms with Gasteiger partial charge in [0.15, 0.2) is 0 Å². The molecule has 0 bridgehead atoms. The highest BCUT2D eigenvalue weighted by Crippen LogP contribution is 2.01. The minimum absolute atomic E-state index is 0.00130. The lowest BCUT2D eigenvalue weighted by molar-refractivity contribution is 0.489. The number of nitrogens with zero attached hydrogens (tertiary/aromatic N) is 1. The Morgan fingerprint density at radius 1 is 1.43 bits per heavy atom. The Morgan fingerprint density at radius 3 is 2.93 bits per heavy atom. The third kappa shape index (κ3) is 1.76. The van der Waals surface area contributed by atoms with Crippen molar-refractivity contribution in [2.45, 2.75) is 13.5 Å². The monoisotopic (exact) mass is 189 g/mol. The molecule has 0 aliphatic rings. The Kier molecular flexibility index (Phi) is 2.23. The van der Waals surface area contributed by atoms with E-state index < -0.39 is 0 Å². The predicted molar refractivity (Wildman–Crippen MR) is 53.2 cm³/mol. The van der Waals surface area contributed by atoms with Crippen LogP contribution >= 0.6 is 0 Å². The van der Waals surface area contributed by atoms with Gasteiger partial charge < -0.3 is 8.98 Å². The van der Waals surface area contributed by atoms with Crippen molar-refractivity contribution in [2.24, 2.45) is 0 Å². The summed E-state index contributed by atoms with van der Waals surface area (Å²) in [6, 6.07) is 7.19. The minimum Gasteiger partial charge on any atom is -0.467 e. The number of furan rings is 1. The fourth-order valence-corrected chi connectivity index (χ4v) is 1.31.